The minimum Gasteiger partial charge on any atom is -0.493 e. The van der Waals surface area contributed by atoms with Crippen molar-refractivity contribution in [2.45, 2.75) is 26.9 Å². The Bertz CT molecular complexity index is 1230. The van der Waals surface area contributed by atoms with Crippen LogP contribution in [0.15, 0.2) is 47.2 Å². The average Bonchev–Trinajstić information content (AvgIpc) is 3.59. The summed E-state index contributed by atoms with van der Waals surface area (Å²) in [7, 11) is 3.27. The van der Waals surface area contributed by atoms with Crippen LogP contribution < -0.4 is 18.9 Å². The van der Waals surface area contributed by atoms with Crippen LogP contribution in [0.4, 0.5) is 0 Å². The van der Waals surface area contributed by atoms with Crippen LogP contribution in [-0.4, -0.2) is 60.6 Å². The number of aliphatic hydroxyl groups excluding tert-OH is 1. The first-order chi connectivity index (χ1) is 18.6. The number of hydrogen-bond donors (Lipinski definition) is 1. The van der Waals surface area contributed by atoms with Gasteiger partial charge in [0.05, 0.1) is 45.4 Å². The zero-order valence-corrected chi connectivity index (χ0v) is 23.7. The molecule has 8 nitrogen and oxygen atoms in total. The minimum absolute atomic E-state index is 0.0557. The molecule has 2 heterocycles. The van der Waals surface area contributed by atoms with Gasteiger partial charge < -0.3 is 24.1 Å². The maximum absolute atomic E-state index is 9.69. The highest BCUT2D eigenvalue weighted by atomic mass is 32.1. The largest absolute Gasteiger partial charge is 0.493 e. The molecular weight excluding hydrogens is 522 g/mol. The van der Waals surface area contributed by atoms with Gasteiger partial charge >= 0.3 is 0 Å². The van der Waals surface area contributed by atoms with Crippen LogP contribution >= 0.6 is 22.7 Å². The fourth-order valence-electron chi connectivity index (χ4n) is 3.99. The predicted octanol–water partition coefficient (Wildman–Crippen LogP) is 5.74. The van der Waals surface area contributed by atoms with Gasteiger partial charge in [0.25, 0.3) is 0 Å². The number of benzene rings is 2. The highest BCUT2D eigenvalue weighted by Crippen LogP contribution is 2.35. The topological polar surface area (TPSA) is 86.2 Å². The number of thiazole rings is 2. The first-order valence-corrected chi connectivity index (χ1v) is 14.2. The van der Waals surface area contributed by atoms with Crippen molar-refractivity contribution in [1.29, 1.82) is 0 Å². The number of methoxy groups -OCH3 is 2. The van der Waals surface area contributed by atoms with E-state index in [1.54, 1.807) is 36.9 Å². The highest BCUT2D eigenvalue weighted by Gasteiger charge is 2.15. The predicted molar refractivity (Wildman–Crippen MR) is 152 cm³/mol. The van der Waals surface area contributed by atoms with Crippen molar-refractivity contribution in [2.24, 2.45) is 0 Å². The van der Waals surface area contributed by atoms with E-state index in [1.165, 1.54) is 0 Å². The maximum atomic E-state index is 9.69. The Morgan fingerprint density at radius 3 is 1.61 bits per heavy atom. The lowest BCUT2D eigenvalue weighted by Crippen LogP contribution is -2.26. The molecule has 0 radical (unpaired) electrons. The molecule has 0 bridgehead atoms. The van der Waals surface area contributed by atoms with Crippen LogP contribution in [-0.2, 0) is 13.1 Å². The van der Waals surface area contributed by atoms with E-state index in [0.717, 1.165) is 44.0 Å². The molecule has 10 heteroatoms. The van der Waals surface area contributed by atoms with E-state index in [-0.39, 0.29) is 6.61 Å². The van der Waals surface area contributed by atoms with Crippen molar-refractivity contribution >= 4 is 22.7 Å². The third-order valence-electron chi connectivity index (χ3n) is 5.71. The number of ether oxygens (including phenoxy) is 4. The summed E-state index contributed by atoms with van der Waals surface area (Å²) in [4.78, 5) is 11.8. The second-order valence-electron chi connectivity index (χ2n) is 8.32. The molecule has 0 atom stereocenters. The SMILES string of the molecule is CCOc1ccc(-c2nc(CN(CCO)Cc3csc(-c4ccc(OCC)c(OC)c4)n3)cs2)cc1OC. The zero-order valence-electron chi connectivity index (χ0n) is 22.1. The first kappa shape index (κ1) is 27.8. The summed E-state index contributed by atoms with van der Waals surface area (Å²) in [6, 6.07) is 11.7. The highest BCUT2D eigenvalue weighted by molar-refractivity contribution is 7.13. The third-order valence-corrected chi connectivity index (χ3v) is 7.59. The number of aliphatic hydroxyl groups is 1. The molecule has 0 saturated heterocycles. The molecule has 0 amide bonds. The van der Waals surface area contributed by atoms with Crippen molar-refractivity contribution in [3.63, 3.8) is 0 Å². The fraction of sp³-hybridized carbons (Fsp3) is 0.357. The van der Waals surface area contributed by atoms with E-state index in [0.29, 0.717) is 44.3 Å². The summed E-state index contributed by atoms with van der Waals surface area (Å²) in [5.74, 6) is 2.81. The van der Waals surface area contributed by atoms with Crippen molar-refractivity contribution in [2.75, 3.05) is 40.6 Å². The Hall–Kier alpha value is -3.18. The Kier molecular flexibility index (Phi) is 9.94. The molecule has 4 aromatic rings. The van der Waals surface area contributed by atoms with Gasteiger partial charge in [0.15, 0.2) is 23.0 Å². The molecule has 0 aliphatic carbocycles. The molecule has 0 aliphatic rings. The Labute approximate surface area is 231 Å². The van der Waals surface area contributed by atoms with Gasteiger partial charge in [0, 0.05) is 41.5 Å². The summed E-state index contributed by atoms with van der Waals surface area (Å²) in [6.07, 6.45) is 0. The van der Waals surface area contributed by atoms with E-state index in [1.807, 2.05) is 50.2 Å². The number of aromatic nitrogens is 2. The fourth-order valence-corrected chi connectivity index (χ4v) is 5.60. The Balaban J connectivity index is 1.46. The van der Waals surface area contributed by atoms with Gasteiger partial charge in [-0.1, -0.05) is 0 Å². The Morgan fingerprint density at radius 1 is 0.737 bits per heavy atom. The molecular formula is C28H33N3O5S2. The van der Waals surface area contributed by atoms with E-state index in [2.05, 4.69) is 15.7 Å². The molecule has 0 saturated carbocycles. The van der Waals surface area contributed by atoms with Crippen LogP contribution in [0.2, 0.25) is 0 Å². The van der Waals surface area contributed by atoms with Gasteiger partial charge in [0.1, 0.15) is 10.0 Å². The van der Waals surface area contributed by atoms with Crippen LogP contribution in [0, 0.1) is 0 Å². The third kappa shape index (κ3) is 6.82. The summed E-state index contributed by atoms with van der Waals surface area (Å²) in [6.45, 7) is 6.83. The second-order valence-corrected chi connectivity index (χ2v) is 10.0. The number of nitrogens with zero attached hydrogens (tertiary/aromatic N) is 3. The molecule has 1 N–H and O–H groups in total. The van der Waals surface area contributed by atoms with E-state index in [9.17, 15) is 5.11 Å². The molecule has 0 spiro atoms. The summed E-state index contributed by atoms with van der Waals surface area (Å²) in [5.41, 5.74) is 3.84. The van der Waals surface area contributed by atoms with Gasteiger partial charge in [-0.3, -0.25) is 4.90 Å². The maximum Gasteiger partial charge on any atom is 0.161 e. The van der Waals surface area contributed by atoms with Gasteiger partial charge in [0.2, 0.25) is 0 Å². The lowest BCUT2D eigenvalue weighted by Gasteiger charge is -2.19. The standard InChI is InChI=1S/C28H33N3O5S2/c1-5-35-23-9-7-19(13-25(23)33-3)27-29-21(17-37-27)15-31(11-12-32)16-22-18-38-28(30-22)20-8-10-24(36-6-2)26(14-20)34-4/h7-10,13-14,17-18,32H,5-6,11-12,15-16H2,1-4H3. The average molecular weight is 556 g/mol. The molecule has 38 heavy (non-hydrogen) atoms. The van der Waals surface area contributed by atoms with Crippen LogP contribution in [0.1, 0.15) is 25.2 Å². The lowest BCUT2D eigenvalue weighted by molar-refractivity contribution is 0.182. The monoisotopic (exact) mass is 555 g/mol. The molecule has 202 valence electrons. The molecule has 0 fully saturated rings. The van der Waals surface area contributed by atoms with E-state index < -0.39 is 0 Å². The van der Waals surface area contributed by atoms with Gasteiger partial charge in [-0.25, -0.2) is 9.97 Å². The van der Waals surface area contributed by atoms with E-state index in [4.69, 9.17) is 28.9 Å². The number of hydrogen-bond acceptors (Lipinski definition) is 10. The normalized spacial score (nSPS) is 11.1. The summed E-state index contributed by atoms with van der Waals surface area (Å²) >= 11 is 3.17. The van der Waals surface area contributed by atoms with Crippen LogP contribution in [0.3, 0.4) is 0 Å². The minimum atomic E-state index is 0.0557. The molecule has 2 aromatic heterocycles. The quantitative estimate of drug-likeness (QED) is 0.211. The summed E-state index contributed by atoms with van der Waals surface area (Å²) < 4.78 is 22.2. The Morgan fingerprint density at radius 2 is 1.21 bits per heavy atom. The number of rotatable bonds is 14. The van der Waals surface area contributed by atoms with Crippen molar-refractivity contribution in [1.82, 2.24) is 14.9 Å². The van der Waals surface area contributed by atoms with Gasteiger partial charge in [-0.05, 0) is 50.2 Å². The molecule has 4 rings (SSSR count). The van der Waals surface area contributed by atoms with Gasteiger partial charge in [-0.15, -0.1) is 22.7 Å². The van der Waals surface area contributed by atoms with Crippen LogP contribution in [0.5, 0.6) is 23.0 Å². The lowest BCUT2D eigenvalue weighted by atomic mass is 10.2. The molecule has 0 unspecified atom stereocenters. The van der Waals surface area contributed by atoms with Crippen molar-refractivity contribution in [3.8, 4) is 44.1 Å². The second kappa shape index (κ2) is 13.6. The summed E-state index contributed by atoms with van der Waals surface area (Å²) in [5, 5.41) is 15.6. The zero-order chi connectivity index (χ0) is 26.9. The van der Waals surface area contributed by atoms with E-state index >= 15 is 0 Å². The smallest absolute Gasteiger partial charge is 0.161 e. The van der Waals surface area contributed by atoms with Crippen molar-refractivity contribution < 1.29 is 24.1 Å². The first-order valence-electron chi connectivity index (χ1n) is 12.4. The van der Waals surface area contributed by atoms with Crippen molar-refractivity contribution in [3.05, 3.63) is 58.5 Å². The van der Waals surface area contributed by atoms with Crippen LogP contribution in [0.25, 0.3) is 21.1 Å². The molecule has 0 aliphatic heterocycles. The molecule has 2 aromatic carbocycles. The van der Waals surface area contributed by atoms with Gasteiger partial charge in [-0.2, -0.15) is 0 Å².